The number of halogens is 2. The number of nitrogens with one attached hydrogen (secondary N) is 3. The van der Waals surface area contributed by atoms with Crippen molar-refractivity contribution in [2.24, 2.45) is 5.41 Å². The number of aromatic amines is 1. The summed E-state index contributed by atoms with van der Waals surface area (Å²) in [7, 11) is -4.68. The number of allylic oxidation sites excluding steroid dienone is 1. The van der Waals surface area contributed by atoms with Crippen molar-refractivity contribution in [3.63, 3.8) is 0 Å². The van der Waals surface area contributed by atoms with E-state index >= 15 is 4.39 Å². The summed E-state index contributed by atoms with van der Waals surface area (Å²) in [6.07, 6.45) is 4.56. The molecule has 9 rings (SSSR count). The number of ether oxygens (including phenoxy) is 3. The molecule has 5 aromatic rings. The number of pyridine rings is 1. The number of alkyl halides is 1. The number of hydrogen-bond acceptors (Lipinski definition) is 13. The number of benzene rings is 3. The van der Waals surface area contributed by atoms with Gasteiger partial charge in [-0.3, -0.25) is 19.8 Å². The number of hydrogen-bond donors (Lipinski definition) is 3. The van der Waals surface area contributed by atoms with Gasteiger partial charge in [-0.15, -0.1) is 0 Å². The van der Waals surface area contributed by atoms with Crippen LogP contribution in [0, 0.1) is 15.5 Å². The monoisotopic (exact) mass is 942 g/mol. The summed E-state index contributed by atoms with van der Waals surface area (Å²) in [4.78, 5) is 39.7. The van der Waals surface area contributed by atoms with Crippen molar-refractivity contribution in [2.45, 2.75) is 56.9 Å². The average molecular weight is 943 g/mol. The molecule has 0 saturated carbocycles. The molecule has 2 atom stereocenters. The lowest BCUT2D eigenvalue weighted by molar-refractivity contribution is -0.384. The van der Waals surface area contributed by atoms with Gasteiger partial charge in [-0.2, -0.15) is 4.98 Å². The lowest BCUT2D eigenvalue weighted by atomic mass is 9.72. The molecule has 16 nitrogen and oxygen atoms in total. The lowest BCUT2D eigenvalue weighted by Gasteiger charge is -2.40. The Labute approximate surface area is 387 Å². The second-order valence-corrected chi connectivity index (χ2v) is 20.3. The number of sulfonamides is 1. The van der Waals surface area contributed by atoms with E-state index in [1.807, 2.05) is 48.2 Å². The van der Waals surface area contributed by atoms with Gasteiger partial charge in [0.05, 0.1) is 47.4 Å². The third-order valence-electron chi connectivity index (χ3n) is 12.7. The molecule has 2 saturated heterocycles. The molecule has 1 aliphatic carbocycles. The second kappa shape index (κ2) is 18.1. The zero-order valence-corrected chi connectivity index (χ0v) is 38.5. The SMILES string of the molecule is C[C@H]1CN(c2cc(N3CCN(CC4=C(c5ccc(Cl)cc5)CC(C)(C)CC4)CC3)ccc2C(=O)NS(=O)(=O)c2ccc(NC[C@@]3(F)COCCO3)c([N+](=O)[O-])c2)c2cc3cc[nH]c3nc2O1. The minimum absolute atomic E-state index is 0.00854. The molecule has 0 radical (unpaired) electrons. The first-order valence-electron chi connectivity index (χ1n) is 22.0. The Morgan fingerprint density at radius 3 is 2.56 bits per heavy atom. The molecule has 3 aromatic carbocycles. The summed E-state index contributed by atoms with van der Waals surface area (Å²) in [5, 5.41) is 16.3. The fraction of sp³-hybridized carbons (Fsp3) is 0.404. The predicted octanol–water partition coefficient (Wildman–Crippen LogP) is 8.07. The standard InChI is InChI=1S/C47H52ClFN8O8S/c1-30-26-56(42-22-32-13-15-50-43(32)52-45(42)65-30)40-23-35(55-18-16-54(17-19-55)27-33-12-14-46(2,3)25-38(33)31-4-6-34(48)7-5-31)8-10-37(40)44(58)53-66(61,62)36-9-11-39(41(24-36)57(59)60)51-28-47(49)29-63-20-21-64-47/h4-11,13,15,22-24,30,51H,12,14,16-21,25-29H2,1-3H3,(H,50,52)(H,53,58)/t30-,47-/m0/s1. The minimum atomic E-state index is -4.68. The Morgan fingerprint density at radius 2 is 1.82 bits per heavy atom. The van der Waals surface area contributed by atoms with Gasteiger partial charge in [0.25, 0.3) is 21.6 Å². The Morgan fingerprint density at radius 1 is 1.03 bits per heavy atom. The quantitative estimate of drug-likeness (QED) is 0.0807. The Hall–Kier alpha value is -5.79. The van der Waals surface area contributed by atoms with Crippen molar-refractivity contribution in [2.75, 3.05) is 80.8 Å². The van der Waals surface area contributed by atoms with E-state index in [-0.39, 0.29) is 42.6 Å². The summed E-state index contributed by atoms with van der Waals surface area (Å²) in [5.74, 6) is -2.83. The van der Waals surface area contributed by atoms with Crippen molar-refractivity contribution in [3.05, 3.63) is 111 Å². The molecule has 2 fully saturated rings. The van der Waals surface area contributed by atoms with Gasteiger partial charge in [0, 0.05) is 61.1 Å². The number of fused-ring (bicyclic) bond motifs is 2. The van der Waals surface area contributed by atoms with Gasteiger partial charge in [0.15, 0.2) is 0 Å². The van der Waals surface area contributed by atoms with Crippen molar-refractivity contribution in [3.8, 4) is 5.88 Å². The maximum Gasteiger partial charge on any atom is 0.293 e. The molecule has 3 aliphatic heterocycles. The van der Waals surface area contributed by atoms with Crippen LogP contribution >= 0.6 is 11.6 Å². The second-order valence-electron chi connectivity index (χ2n) is 18.2. The third-order valence-corrected chi connectivity index (χ3v) is 14.3. The number of nitro groups is 1. The molecular formula is C47H52ClFN8O8S. The van der Waals surface area contributed by atoms with E-state index in [2.05, 4.69) is 50.8 Å². The van der Waals surface area contributed by atoms with Crippen LogP contribution in [0.15, 0.2) is 89.5 Å². The molecular weight excluding hydrogens is 891 g/mol. The van der Waals surface area contributed by atoms with Crippen LogP contribution in [0.5, 0.6) is 5.88 Å². The summed E-state index contributed by atoms with van der Waals surface area (Å²) in [6.45, 7) is 10.1. The molecule has 0 spiro atoms. The number of piperazine rings is 1. The molecule has 5 heterocycles. The first-order valence-corrected chi connectivity index (χ1v) is 23.9. The van der Waals surface area contributed by atoms with Gasteiger partial charge >= 0.3 is 0 Å². The molecule has 19 heteroatoms. The normalized spacial score (nSPS) is 21.3. The zero-order chi connectivity index (χ0) is 46.4. The smallest absolute Gasteiger partial charge is 0.293 e. The fourth-order valence-electron chi connectivity index (χ4n) is 9.17. The van der Waals surface area contributed by atoms with E-state index in [0.29, 0.717) is 42.5 Å². The summed E-state index contributed by atoms with van der Waals surface area (Å²) < 4.78 is 61.5. The number of carbonyl (C=O) groups is 1. The van der Waals surface area contributed by atoms with Crippen molar-refractivity contribution in [1.82, 2.24) is 19.6 Å². The average Bonchev–Trinajstić information content (AvgIpc) is 3.75. The largest absolute Gasteiger partial charge is 0.471 e. The number of nitrogens with zero attached hydrogens (tertiary/aromatic N) is 5. The van der Waals surface area contributed by atoms with Crippen LogP contribution in [0.4, 0.5) is 32.8 Å². The summed E-state index contributed by atoms with van der Waals surface area (Å²) >= 11 is 6.26. The Balaban J connectivity index is 0.988. The number of carbonyl (C=O) groups excluding carboxylic acids is 1. The third kappa shape index (κ3) is 9.69. The highest BCUT2D eigenvalue weighted by atomic mass is 35.5. The first kappa shape index (κ1) is 45.4. The number of anilines is 4. The zero-order valence-electron chi connectivity index (χ0n) is 36.9. The Bertz CT molecular complexity index is 2810. The number of nitro benzene ring substituents is 1. The predicted molar refractivity (Wildman–Crippen MR) is 251 cm³/mol. The molecule has 3 N–H and O–H groups in total. The molecule has 4 aliphatic rings. The van der Waals surface area contributed by atoms with Crippen LogP contribution in [0.25, 0.3) is 16.6 Å². The van der Waals surface area contributed by atoms with Crippen LogP contribution in [-0.2, 0) is 19.5 Å². The van der Waals surface area contributed by atoms with E-state index in [1.165, 1.54) is 16.7 Å². The summed E-state index contributed by atoms with van der Waals surface area (Å²) in [6, 6.07) is 20.3. The van der Waals surface area contributed by atoms with E-state index in [0.717, 1.165) is 73.2 Å². The molecule has 348 valence electrons. The first-order chi connectivity index (χ1) is 31.5. The van der Waals surface area contributed by atoms with Crippen molar-refractivity contribution >= 4 is 72.6 Å². The Kier molecular flexibility index (Phi) is 12.5. The minimum Gasteiger partial charge on any atom is -0.471 e. The van der Waals surface area contributed by atoms with E-state index in [4.69, 9.17) is 30.8 Å². The van der Waals surface area contributed by atoms with Gasteiger partial charge in [-0.05, 0) is 97.3 Å². The molecule has 1 amide bonds. The van der Waals surface area contributed by atoms with Gasteiger partial charge < -0.3 is 34.3 Å². The topological polar surface area (TPSA) is 185 Å². The molecule has 2 aromatic heterocycles. The maximum atomic E-state index is 15.1. The van der Waals surface area contributed by atoms with Gasteiger partial charge in [-0.1, -0.05) is 43.2 Å². The van der Waals surface area contributed by atoms with E-state index in [1.54, 1.807) is 12.3 Å². The number of amides is 1. The van der Waals surface area contributed by atoms with E-state index in [9.17, 15) is 23.3 Å². The van der Waals surface area contributed by atoms with Crippen LogP contribution in [0.1, 0.15) is 56.0 Å². The number of aromatic nitrogens is 2. The van der Waals surface area contributed by atoms with Crippen LogP contribution < -0.4 is 24.6 Å². The lowest BCUT2D eigenvalue weighted by Crippen LogP contribution is -2.47. The highest BCUT2D eigenvalue weighted by molar-refractivity contribution is 7.90. The number of rotatable bonds is 12. The highest BCUT2D eigenvalue weighted by Crippen LogP contribution is 2.44. The van der Waals surface area contributed by atoms with Crippen molar-refractivity contribution < 1.29 is 36.7 Å². The van der Waals surface area contributed by atoms with Gasteiger partial charge in [-0.25, -0.2) is 17.5 Å². The molecule has 66 heavy (non-hydrogen) atoms. The number of H-pyrrole nitrogens is 1. The van der Waals surface area contributed by atoms with E-state index < -0.39 is 43.8 Å². The van der Waals surface area contributed by atoms with Crippen LogP contribution in [0.2, 0.25) is 5.02 Å². The summed E-state index contributed by atoms with van der Waals surface area (Å²) in [5.41, 5.74) is 6.05. The van der Waals surface area contributed by atoms with Crippen LogP contribution in [0.3, 0.4) is 0 Å². The van der Waals surface area contributed by atoms with Crippen molar-refractivity contribution in [1.29, 1.82) is 0 Å². The maximum absolute atomic E-state index is 15.1. The van der Waals surface area contributed by atoms with Crippen LogP contribution in [-0.4, -0.2) is 112 Å². The highest BCUT2D eigenvalue weighted by Gasteiger charge is 2.36. The fourth-order valence-corrected chi connectivity index (χ4v) is 10.3. The van der Waals surface area contributed by atoms with Gasteiger partial charge in [0.1, 0.15) is 29.7 Å². The van der Waals surface area contributed by atoms with Gasteiger partial charge in [0.2, 0.25) is 11.7 Å². The molecule has 0 bridgehead atoms. The molecule has 0 unspecified atom stereocenters.